The van der Waals surface area contributed by atoms with Gasteiger partial charge in [0.25, 0.3) is 5.91 Å². The third-order valence-corrected chi connectivity index (χ3v) is 4.74. The predicted octanol–water partition coefficient (Wildman–Crippen LogP) is 1.47. The molecule has 2 rings (SSSR count). The summed E-state index contributed by atoms with van der Waals surface area (Å²) in [7, 11) is 1.73. The Labute approximate surface area is 122 Å². The number of thiophene rings is 1. The summed E-state index contributed by atoms with van der Waals surface area (Å²) in [4.78, 5) is 25.4. The average Bonchev–Trinajstić information content (AvgIpc) is 2.90. The van der Waals surface area contributed by atoms with E-state index in [4.69, 9.17) is 5.73 Å². The van der Waals surface area contributed by atoms with Gasteiger partial charge in [-0.15, -0.1) is 11.3 Å². The lowest BCUT2D eigenvalue weighted by molar-refractivity contribution is 0.0453. The first-order valence-electron chi connectivity index (χ1n) is 6.81. The number of nitrogens with two attached hydrogens (primary N) is 1. The van der Waals surface area contributed by atoms with E-state index in [-0.39, 0.29) is 17.9 Å². The summed E-state index contributed by atoms with van der Waals surface area (Å²) in [5, 5.41) is 11.5. The van der Waals surface area contributed by atoms with Crippen LogP contribution < -0.4 is 5.73 Å². The highest BCUT2D eigenvalue weighted by Gasteiger charge is 2.26. The van der Waals surface area contributed by atoms with Crippen molar-refractivity contribution in [2.24, 2.45) is 11.7 Å². The van der Waals surface area contributed by atoms with Crippen molar-refractivity contribution in [2.45, 2.75) is 31.8 Å². The van der Waals surface area contributed by atoms with Gasteiger partial charge < -0.3 is 15.7 Å². The average molecular weight is 296 g/mol. The molecule has 2 amide bonds. The van der Waals surface area contributed by atoms with Crippen LogP contribution in [0.1, 0.15) is 45.7 Å². The van der Waals surface area contributed by atoms with Gasteiger partial charge in [0.1, 0.15) is 0 Å². The molecule has 110 valence electrons. The molecule has 1 aliphatic rings. The molecule has 1 fully saturated rings. The zero-order valence-corrected chi connectivity index (χ0v) is 12.4. The molecular formula is C14H20N2O3S. The second-order valence-corrected chi connectivity index (χ2v) is 6.27. The van der Waals surface area contributed by atoms with Gasteiger partial charge in [-0.2, -0.15) is 0 Å². The summed E-state index contributed by atoms with van der Waals surface area (Å²) >= 11 is 1.22. The van der Waals surface area contributed by atoms with E-state index in [0.29, 0.717) is 17.0 Å². The van der Waals surface area contributed by atoms with Crippen LogP contribution >= 0.6 is 11.3 Å². The minimum atomic E-state index is -0.523. The highest BCUT2D eigenvalue weighted by atomic mass is 32.1. The van der Waals surface area contributed by atoms with Crippen molar-refractivity contribution in [3.63, 3.8) is 0 Å². The number of rotatable bonds is 4. The van der Waals surface area contributed by atoms with E-state index in [0.717, 1.165) is 25.7 Å². The number of primary amides is 1. The maximum absolute atomic E-state index is 12.3. The van der Waals surface area contributed by atoms with Crippen molar-refractivity contribution in [1.82, 2.24) is 4.90 Å². The fourth-order valence-electron chi connectivity index (χ4n) is 2.60. The van der Waals surface area contributed by atoms with Crippen LogP contribution in [0, 0.1) is 5.92 Å². The number of aliphatic hydroxyl groups excluding tert-OH is 1. The molecule has 1 aromatic heterocycles. The van der Waals surface area contributed by atoms with Gasteiger partial charge in [-0.05, 0) is 18.9 Å². The smallest absolute Gasteiger partial charge is 0.263 e. The summed E-state index contributed by atoms with van der Waals surface area (Å²) in [6.07, 6.45) is 3.62. The van der Waals surface area contributed by atoms with Gasteiger partial charge in [-0.1, -0.05) is 12.8 Å². The fraction of sp³-hybridized carbons (Fsp3) is 0.571. The number of aliphatic hydroxyl groups is 1. The maximum Gasteiger partial charge on any atom is 0.263 e. The van der Waals surface area contributed by atoms with Crippen LogP contribution in [0.15, 0.2) is 11.4 Å². The predicted molar refractivity (Wildman–Crippen MR) is 77.8 cm³/mol. The van der Waals surface area contributed by atoms with Crippen molar-refractivity contribution < 1.29 is 14.7 Å². The van der Waals surface area contributed by atoms with E-state index >= 15 is 0 Å². The number of amides is 2. The van der Waals surface area contributed by atoms with Crippen molar-refractivity contribution in [3.8, 4) is 0 Å². The number of hydrogen-bond acceptors (Lipinski definition) is 4. The second-order valence-electron chi connectivity index (χ2n) is 5.36. The molecule has 1 saturated carbocycles. The van der Waals surface area contributed by atoms with Gasteiger partial charge in [0.15, 0.2) is 0 Å². The Kier molecular flexibility index (Phi) is 4.77. The first-order valence-corrected chi connectivity index (χ1v) is 7.69. The molecule has 0 aromatic carbocycles. The number of carbonyl (C=O) groups is 2. The molecule has 1 heterocycles. The molecule has 2 atom stereocenters. The van der Waals surface area contributed by atoms with E-state index in [1.165, 1.54) is 17.4 Å². The molecule has 3 N–H and O–H groups in total. The number of carbonyl (C=O) groups excluding carboxylic acids is 2. The molecule has 0 radical (unpaired) electrons. The Balaban J connectivity index is 1.98. The van der Waals surface area contributed by atoms with Gasteiger partial charge >= 0.3 is 0 Å². The Morgan fingerprint density at radius 2 is 2.15 bits per heavy atom. The van der Waals surface area contributed by atoms with Crippen LogP contribution in [0.3, 0.4) is 0 Å². The summed E-state index contributed by atoms with van der Waals surface area (Å²) in [6.45, 7) is 0.545. The molecule has 0 saturated heterocycles. The van der Waals surface area contributed by atoms with Crippen LogP contribution in [0.25, 0.3) is 0 Å². The lowest BCUT2D eigenvalue weighted by Gasteiger charge is -2.31. The van der Waals surface area contributed by atoms with Gasteiger partial charge in [-0.25, -0.2) is 0 Å². The zero-order chi connectivity index (χ0) is 14.7. The summed E-state index contributed by atoms with van der Waals surface area (Å²) in [5.74, 6) is -0.501. The quantitative estimate of drug-likeness (QED) is 0.882. The van der Waals surface area contributed by atoms with Gasteiger partial charge in [-0.3, -0.25) is 9.59 Å². The molecule has 0 spiro atoms. The first-order chi connectivity index (χ1) is 9.49. The van der Waals surface area contributed by atoms with E-state index in [1.54, 1.807) is 17.3 Å². The molecule has 2 unspecified atom stereocenters. The third-order valence-electron chi connectivity index (χ3n) is 3.82. The van der Waals surface area contributed by atoms with Crippen LogP contribution in [0.4, 0.5) is 0 Å². The van der Waals surface area contributed by atoms with Gasteiger partial charge in [0.2, 0.25) is 5.91 Å². The highest BCUT2D eigenvalue weighted by Crippen LogP contribution is 2.25. The van der Waals surface area contributed by atoms with Crippen LogP contribution in [-0.2, 0) is 0 Å². The van der Waals surface area contributed by atoms with E-state index < -0.39 is 5.91 Å². The van der Waals surface area contributed by atoms with Crippen molar-refractivity contribution in [1.29, 1.82) is 0 Å². The molecule has 20 heavy (non-hydrogen) atoms. The Hall–Kier alpha value is -1.40. The fourth-order valence-corrected chi connectivity index (χ4v) is 3.49. The van der Waals surface area contributed by atoms with Crippen LogP contribution in [0.2, 0.25) is 0 Å². The lowest BCUT2D eigenvalue weighted by Crippen LogP contribution is -2.37. The first kappa shape index (κ1) is 15.0. The second kappa shape index (κ2) is 6.37. The van der Waals surface area contributed by atoms with Crippen LogP contribution in [-0.4, -0.2) is 41.5 Å². The molecule has 1 aliphatic carbocycles. The van der Waals surface area contributed by atoms with Crippen molar-refractivity contribution in [3.05, 3.63) is 21.9 Å². The molecule has 5 nitrogen and oxygen atoms in total. The van der Waals surface area contributed by atoms with E-state index in [1.807, 2.05) is 0 Å². The Morgan fingerprint density at radius 3 is 2.75 bits per heavy atom. The normalized spacial score (nSPS) is 22.5. The topological polar surface area (TPSA) is 83.6 Å². The molecular weight excluding hydrogens is 276 g/mol. The standard InChI is InChI=1S/C14H20N2O3S/c1-16(7-9-4-2-3-5-11(9)17)14(19)12-6-10(8-20-12)13(15)18/h6,8-9,11,17H,2-5,7H2,1H3,(H2,15,18). The molecule has 1 aromatic rings. The summed E-state index contributed by atoms with van der Waals surface area (Å²) in [6, 6.07) is 1.53. The molecule has 0 bridgehead atoms. The van der Waals surface area contributed by atoms with Crippen LogP contribution in [0.5, 0.6) is 0 Å². The molecule has 6 heteroatoms. The summed E-state index contributed by atoms with van der Waals surface area (Å²) in [5.41, 5.74) is 5.55. The minimum Gasteiger partial charge on any atom is -0.393 e. The number of nitrogens with zero attached hydrogens (tertiary/aromatic N) is 1. The monoisotopic (exact) mass is 296 g/mol. The maximum atomic E-state index is 12.3. The van der Waals surface area contributed by atoms with Gasteiger partial charge in [0.05, 0.1) is 16.5 Å². The largest absolute Gasteiger partial charge is 0.393 e. The number of hydrogen-bond donors (Lipinski definition) is 2. The van der Waals surface area contributed by atoms with Gasteiger partial charge in [0, 0.05) is 24.9 Å². The Bertz CT molecular complexity index is 500. The zero-order valence-electron chi connectivity index (χ0n) is 11.5. The lowest BCUT2D eigenvalue weighted by atomic mass is 9.86. The van der Waals surface area contributed by atoms with E-state index in [9.17, 15) is 14.7 Å². The highest BCUT2D eigenvalue weighted by molar-refractivity contribution is 7.12. The van der Waals surface area contributed by atoms with E-state index in [2.05, 4.69) is 0 Å². The minimum absolute atomic E-state index is 0.125. The Morgan fingerprint density at radius 1 is 1.45 bits per heavy atom. The van der Waals surface area contributed by atoms with Crippen molar-refractivity contribution >= 4 is 23.2 Å². The summed E-state index contributed by atoms with van der Waals surface area (Å²) < 4.78 is 0. The SMILES string of the molecule is CN(CC1CCCCC1O)C(=O)c1cc(C(N)=O)cs1. The molecule has 0 aliphatic heterocycles. The third kappa shape index (κ3) is 3.37. The van der Waals surface area contributed by atoms with Crippen molar-refractivity contribution in [2.75, 3.05) is 13.6 Å².